The number of nitrogens with zero attached hydrogens (tertiary/aromatic N) is 1. The summed E-state index contributed by atoms with van der Waals surface area (Å²) >= 11 is 11.7. The van der Waals surface area contributed by atoms with E-state index < -0.39 is 11.9 Å². The number of carbonyl (C=O) groups excluding carboxylic acids is 3. The van der Waals surface area contributed by atoms with Crippen LogP contribution in [-0.2, 0) is 14.3 Å². The molecule has 27 heavy (non-hydrogen) atoms. The van der Waals surface area contributed by atoms with E-state index in [9.17, 15) is 14.4 Å². The predicted molar refractivity (Wildman–Crippen MR) is 106 cm³/mol. The van der Waals surface area contributed by atoms with Gasteiger partial charge in [-0.3, -0.25) is 14.4 Å². The van der Waals surface area contributed by atoms with Crippen LogP contribution in [0, 0.1) is 11.8 Å². The number of amides is 2. The van der Waals surface area contributed by atoms with Gasteiger partial charge in [0.1, 0.15) is 6.54 Å². The van der Waals surface area contributed by atoms with E-state index in [0.717, 1.165) is 0 Å². The molecule has 0 radical (unpaired) electrons. The molecule has 2 amide bonds. The van der Waals surface area contributed by atoms with Gasteiger partial charge in [-0.2, -0.15) is 0 Å². The van der Waals surface area contributed by atoms with Crippen molar-refractivity contribution >= 4 is 41.0 Å². The zero-order valence-corrected chi connectivity index (χ0v) is 17.6. The molecule has 1 rings (SSSR count). The van der Waals surface area contributed by atoms with Crippen molar-refractivity contribution in [1.82, 2.24) is 10.2 Å². The van der Waals surface area contributed by atoms with Gasteiger partial charge in [0.15, 0.2) is 6.61 Å². The van der Waals surface area contributed by atoms with E-state index >= 15 is 0 Å². The highest BCUT2D eigenvalue weighted by Crippen LogP contribution is 2.22. The van der Waals surface area contributed by atoms with Crippen LogP contribution in [0.2, 0.25) is 10.0 Å². The lowest BCUT2D eigenvalue weighted by Gasteiger charge is -2.26. The average molecular weight is 417 g/mol. The first kappa shape index (κ1) is 23.2. The molecule has 0 spiro atoms. The monoisotopic (exact) mass is 416 g/mol. The van der Waals surface area contributed by atoms with Crippen LogP contribution in [0.25, 0.3) is 0 Å². The summed E-state index contributed by atoms with van der Waals surface area (Å²) in [5.74, 6) is -0.798. The minimum absolute atomic E-state index is 0.243. The van der Waals surface area contributed by atoms with E-state index in [0.29, 0.717) is 29.9 Å². The summed E-state index contributed by atoms with van der Waals surface area (Å²) in [5, 5.41) is 3.00. The van der Waals surface area contributed by atoms with E-state index in [1.807, 2.05) is 27.7 Å². The Morgan fingerprint density at radius 3 is 2.15 bits per heavy atom. The number of halogens is 2. The van der Waals surface area contributed by atoms with Gasteiger partial charge in [0, 0.05) is 18.7 Å². The molecular weight excluding hydrogens is 391 g/mol. The van der Waals surface area contributed by atoms with Crippen molar-refractivity contribution in [2.75, 3.05) is 26.2 Å². The van der Waals surface area contributed by atoms with Crippen molar-refractivity contribution in [3.63, 3.8) is 0 Å². The number of benzene rings is 1. The van der Waals surface area contributed by atoms with Gasteiger partial charge >= 0.3 is 5.97 Å². The third kappa shape index (κ3) is 8.63. The molecule has 0 bridgehead atoms. The molecule has 1 aromatic carbocycles. The highest BCUT2D eigenvalue weighted by atomic mass is 35.5. The van der Waals surface area contributed by atoms with Crippen LogP contribution in [0.4, 0.5) is 0 Å². The number of hydrogen-bond acceptors (Lipinski definition) is 4. The van der Waals surface area contributed by atoms with Gasteiger partial charge in [0.25, 0.3) is 11.8 Å². The fraction of sp³-hybridized carbons (Fsp3) is 0.526. The second-order valence-corrected chi connectivity index (χ2v) is 7.87. The maximum Gasteiger partial charge on any atom is 0.325 e. The molecule has 0 fully saturated rings. The normalized spacial score (nSPS) is 10.8. The molecular formula is C19H26Cl2N2O4. The molecule has 8 heteroatoms. The number of hydrogen-bond donors (Lipinski definition) is 1. The third-order valence-electron chi connectivity index (χ3n) is 3.46. The summed E-state index contributed by atoms with van der Waals surface area (Å²) in [5.41, 5.74) is 0.272. The molecule has 1 N–H and O–H groups in total. The van der Waals surface area contributed by atoms with Crippen molar-refractivity contribution in [2.24, 2.45) is 11.8 Å². The zero-order chi connectivity index (χ0) is 20.6. The number of rotatable bonds is 9. The second kappa shape index (κ2) is 11.1. The largest absolute Gasteiger partial charge is 0.454 e. The molecule has 0 atom stereocenters. The Morgan fingerprint density at radius 1 is 1.04 bits per heavy atom. The first-order chi connectivity index (χ1) is 12.6. The molecule has 6 nitrogen and oxygen atoms in total. The molecule has 0 unspecified atom stereocenters. The molecule has 0 saturated carbocycles. The summed E-state index contributed by atoms with van der Waals surface area (Å²) in [6.45, 7) is 8.58. The molecule has 0 aliphatic carbocycles. The van der Waals surface area contributed by atoms with Gasteiger partial charge in [-0.05, 0) is 30.0 Å². The molecule has 1 aromatic rings. The van der Waals surface area contributed by atoms with Gasteiger partial charge in [-0.15, -0.1) is 0 Å². The van der Waals surface area contributed by atoms with E-state index in [1.54, 1.807) is 4.90 Å². The maximum atomic E-state index is 12.3. The molecule has 0 aliphatic heterocycles. The lowest BCUT2D eigenvalue weighted by molar-refractivity contribution is -0.151. The lowest BCUT2D eigenvalue weighted by atomic mass is 10.1. The third-order valence-corrected chi connectivity index (χ3v) is 4.19. The van der Waals surface area contributed by atoms with E-state index in [-0.39, 0.29) is 29.6 Å². The summed E-state index contributed by atoms with van der Waals surface area (Å²) < 4.78 is 4.99. The highest BCUT2D eigenvalue weighted by Gasteiger charge is 2.18. The van der Waals surface area contributed by atoms with Crippen molar-refractivity contribution in [1.29, 1.82) is 0 Å². The van der Waals surface area contributed by atoms with Crippen molar-refractivity contribution < 1.29 is 19.1 Å². The minimum atomic E-state index is -0.689. The van der Waals surface area contributed by atoms with Gasteiger partial charge < -0.3 is 15.0 Å². The summed E-state index contributed by atoms with van der Waals surface area (Å²) in [4.78, 5) is 37.8. The Hall–Kier alpha value is -1.79. The molecule has 0 heterocycles. The van der Waals surface area contributed by atoms with Crippen LogP contribution >= 0.6 is 23.2 Å². The van der Waals surface area contributed by atoms with Crippen LogP contribution in [0.3, 0.4) is 0 Å². The smallest absolute Gasteiger partial charge is 0.325 e. The first-order valence-corrected chi connectivity index (χ1v) is 9.52. The average Bonchev–Trinajstić information content (AvgIpc) is 2.58. The molecule has 0 aliphatic rings. The Labute approximate surface area is 170 Å². The second-order valence-electron chi connectivity index (χ2n) is 7.06. The molecule has 0 saturated heterocycles. The van der Waals surface area contributed by atoms with Crippen LogP contribution in [0.5, 0.6) is 0 Å². The first-order valence-electron chi connectivity index (χ1n) is 8.76. The summed E-state index contributed by atoms with van der Waals surface area (Å²) in [6, 6.07) is 4.39. The van der Waals surface area contributed by atoms with E-state index in [1.165, 1.54) is 18.2 Å². The van der Waals surface area contributed by atoms with Gasteiger partial charge in [-0.25, -0.2) is 0 Å². The van der Waals surface area contributed by atoms with Gasteiger partial charge in [0.2, 0.25) is 0 Å². The van der Waals surface area contributed by atoms with E-state index in [4.69, 9.17) is 27.9 Å². The fourth-order valence-electron chi connectivity index (χ4n) is 2.34. The van der Waals surface area contributed by atoms with Crippen molar-refractivity contribution in [3.8, 4) is 0 Å². The summed E-state index contributed by atoms with van der Waals surface area (Å²) in [6.07, 6.45) is 0. The topological polar surface area (TPSA) is 75.7 Å². The standard InChI is InChI=1S/C19H26Cl2N2O4/c1-12(2)9-23(10-13(3)4)17(24)11-27-18(25)8-22-19(26)14-5-6-15(20)16(21)7-14/h5-7,12-13H,8-11H2,1-4H3,(H,22,26). The molecule has 0 aromatic heterocycles. The number of nitrogens with one attached hydrogen (secondary N) is 1. The zero-order valence-electron chi connectivity index (χ0n) is 16.1. The predicted octanol–water partition coefficient (Wildman–Crippen LogP) is 3.41. The maximum absolute atomic E-state index is 12.3. The highest BCUT2D eigenvalue weighted by molar-refractivity contribution is 6.42. The Kier molecular flexibility index (Phi) is 9.60. The quantitative estimate of drug-likeness (QED) is 0.625. The minimum Gasteiger partial charge on any atom is -0.454 e. The van der Waals surface area contributed by atoms with Crippen molar-refractivity contribution in [2.45, 2.75) is 27.7 Å². The van der Waals surface area contributed by atoms with Crippen LogP contribution in [0.15, 0.2) is 18.2 Å². The van der Waals surface area contributed by atoms with Gasteiger partial charge in [-0.1, -0.05) is 50.9 Å². The fourth-order valence-corrected chi connectivity index (χ4v) is 2.63. The summed E-state index contributed by atoms with van der Waals surface area (Å²) in [7, 11) is 0. The number of esters is 1. The van der Waals surface area contributed by atoms with Crippen LogP contribution in [0.1, 0.15) is 38.1 Å². The van der Waals surface area contributed by atoms with Crippen molar-refractivity contribution in [3.05, 3.63) is 33.8 Å². The Bertz CT molecular complexity index is 668. The number of ether oxygens (including phenoxy) is 1. The number of carbonyl (C=O) groups is 3. The molecule has 150 valence electrons. The lowest BCUT2D eigenvalue weighted by Crippen LogP contribution is -2.40. The van der Waals surface area contributed by atoms with Crippen LogP contribution in [-0.4, -0.2) is 48.9 Å². The Balaban J connectivity index is 2.47. The van der Waals surface area contributed by atoms with Crippen LogP contribution < -0.4 is 5.32 Å². The SMILES string of the molecule is CC(C)CN(CC(C)C)C(=O)COC(=O)CNC(=O)c1ccc(Cl)c(Cl)c1. The van der Waals surface area contributed by atoms with Gasteiger partial charge in [0.05, 0.1) is 10.0 Å². The van der Waals surface area contributed by atoms with E-state index in [2.05, 4.69) is 5.32 Å². The Morgan fingerprint density at radius 2 is 1.63 bits per heavy atom.